The third-order valence-corrected chi connectivity index (χ3v) is 2.04. The van der Waals surface area contributed by atoms with E-state index in [0.29, 0.717) is 6.42 Å². The Morgan fingerprint density at radius 2 is 1.81 bits per heavy atom. The topological polar surface area (TPSA) is 49.3 Å². The van der Waals surface area contributed by atoms with Crippen molar-refractivity contribution >= 4 is 5.97 Å². The fraction of sp³-hybridized carbons (Fsp3) is 0.900. The number of carboxylic acids is 1. The summed E-state index contributed by atoms with van der Waals surface area (Å²) in [5.41, 5.74) is -0.0770. The van der Waals surface area contributed by atoms with Gasteiger partial charge in [-0.2, -0.15) is 13.2 Å². The maximum atomic E-state index is 12.4. The Hall–Kier alpha value is -0.780. The van der Waals surface area contributed by atoms with Crippen LogP contribution in [0.15, 0.2) is 0 Å². The van der Waals surface area contributed by atoms with E-state index in [4.69, 9.17) is 5.11 Å². The number of hydrogen-bond acceptors (Lipinski definition) is 2. The zero-order valence-corrected chi connectivity index (χ0v) is 9.69. The number of carboxylic acid groups (broad SMARTS) is 1. The quantitative estimate of drug-likeness (QED) is 0.777. The van der Waals surface area contributed by atoms with Gasteiger partial charge >= 0.3 is 12.1 Å². The summed E-state index contributed by atoms with van der Waals surface area (Å²) in [7, 11) is 0. The van der Waals surface area contributed by atoms with Crippen LogP contribution in [-0.4, -0.2) is 29.8 Å². The minimum absolute atomic E-state index is 0.0770. The molecule has 6 heteroatoms. The minimum Gasteiger partial charge on any atom is -0.481 e. The molecule has 0 aliphatic carbocycles. The van der Waals surface area contributed by atoms with Gasteiger partial charge in [-0.3, -0.25) is 4.79 Å². The van der Waals surface area contributed by atoms with Crippen molar-refractivity contribution in [3.05, 3.63) is 0 Å². The van der Waals surface area contributed by atoms with Crippen molar-refractivity contribution in [3.8, 4) is 0 Å². The molecule has 0 heterocycles. The summed E-state index contributed by atoms with van der Waals surface area (Å²) in [5.74, 6) is -1.45. The fourth-order valence-electron chi connectivity index (χ4n) is 1.10. The predicted octanol–water partition coefficient (Wildman–Crippen LogP) is 2.42. The highest BCUT2D eigenvalue weighted by molar-refractivity contribution is 5.67. The van der Waals surface area contributed by atoms with Crippen LogP contribution in [0.4, 0.5) is 13.2 Å². The Morgan fingerprint density at radius 3 is 2.12 bits per heavy atom. The Balaban J connectivity index is 4.19. The first kappa shape index (κ1) is 15.2. The number of hydrogen-bond donors (Lipinski definition) is 2. The van der Waals surface area contributed by atoms with Crippen molar-refractivity contribution < 1.29 is 23.1 Å². The highest BCUT2D eigenvalue weighted by atomic mass is 19.4. The van der Waals surface area contributed by atoms with Gasteiger partial charge in [0.25, 0.3) is 0 Å². The molecule has 0 saturated carbocycles. The van der Waals surface area contributed by atoms with E-state index in [1.54, 1.807) is 0 Å². The van der Waals surface area contributed by atoms with Crippen LogP contribution in [-0.2, 0) is 4.79 Å². The van der Waals surface area contributed by atoms with Gasteiger partial charge in [0.15, 0.2) is 0 Å². The molecule has 3 nitrogen and oxygen atoms in total. The molecule has 0 saturated heterocycles. The van der Waals surface area contributed by atoms with E-state index in [1.807, 2.05) is 20.8 Å². The lowest BCUT2D eigenvalue weighted by Gasteiger charge is -2.23. The Bertz CT molecular complexity index is 233. The van der Waals surface area contributed by atoms with Gasteiger partial charge in [-0.05, 0) is 18.4 Å². The van der Waals surface area contributed by atoms with Crippen molar-refractivity contribution in [3.63, 3.8) is 0 Å². The van der Waals surface area contributed by atoms with E-state index in [-0.39, 0.29) is 12.0 Å². The lowest BCUT2D eigenvalue weighted by molar-refractivity contribution is -0.167. The first-order valence-electron chi connectivity index (χ1n) is 5.04. The van der Waals surface area contributed by atoms with E-state index < -0.39 is 24.6 Å². The Morgan fingerprint density at radius 1 is 1.31 bits per heavy atom. The van der Waals surface area contributed by atoms with Crippen molar-refractivity contribution in [2.24, 2.45) is 5.41 Å². The molecule has 0 aromatic carbocycles. The van der Waals surface area contributed by atoms with E-state index >= 15 is 0 Å². The fourth-order valence-corrected chi connectivity index (χ4v) is 1.10. The third kappa shape index (κ3) is 7.50. The molecule has 0 aliphatic rings. The van der Waals surface area contributed by atoms with Crippen LogP contribution >= 0.6 is 0 Å². The molecule has 1 unspecified atom stereocenters. The molecule has 2 N–H and O–H groups in total. The van der Waals surface area contributed by atoms with Crippen LogP contribution in [0.25, 0.3) is 0 Å². The first-order chi connectivity index (χ1) is 7.02. The van der Waals surface area contributed by atoms with Gasteiger partial charge in [0.1, 0.15) is 6.04 Å². The first-order valence-corrected chi connectivity index (χ1v) is 5.04. The number of carbonyl (C=O) groups is 1. The second-order valence-corrected chi connectivity index (χ2v) is 4.96. The molecule has 0 amide bonds. The average Bonchev–Trinajstić information content (AvgIpc) is 1.97. The van der Waals surface area contributed by atoms with Crippen molar-refractivity contribution in [2.45, 2.75) is 45.8 Å². The zero-order valence-electron chi connectivity index (χ0n) is 9.69. The highest BCUT2D eigenvalue weighted by Crippen LogP contribution is 2.23. The molecule has 0 aromatic heterocycles. The molecular weight excluding hydrogens is 223 g/mol. The SMILES string of the molecule is CC(C)(C)CCNC(CC(=O)O)C(F)(F)F. The smallest absolute Gasteiger partial charge is 0.404 e. The van der Waals surface area contributed by atoms with Crippen molar-refractivity contribution in [1.82, 2.24) is 5.32 Å². The summed E-state index contributed by atoms with van der Waals surface area (Å²) in [5, 5.41) is 10.6. The van der Waals surface area contributed by atoms with Crippen LogP contribution in [0.1, 0.15) is 33.6 Å². The van der Waals surface area contributed by atoms with Gasteiger partial charge in [0.2, 0.25) is 0 Å². The molecule has 0 spiro atoms. The molecule has 0 rings (SSSR count). The standard InChI is InChI=1S/C10H18F3NO2/c1-9(2,3)4-5-14-7(6-8(15)16)10(11,12)13/h7,14H,4-6H2,1-3H3,(H,15,16). The summed E-state index contributed by atoms with van der Waals surface area (Å²) in [6, 6.07) is -1.97. The van der Waals surface area contributed by atoms with Gasteiger partial charge < -0.3 is 10.4 Å². The molecule has 0 aliphatic heterocycles. The molecule has 16 heavy (non-hydrogen) atoms. The zero-order chi connectivity index (χ0) is 13.0. The lowest BCUT2D eigenvalue weighted by atomic mass is 9.92. The normalized spacial score (nSPS) is 14.9. The van der Waals surface area contributed by atoms with Crippen LogP contribution in [0.2, 0.25) is 0 Å². The van der Waals surface area contributed by atoms with Gasteiger partial charge in [-0.1, -0.05) is 20.8 Å². The van der Waals surface area contributed by atoms with Gasteiger partial charge in [-0.15, -0.1) is 0 Å². The maximum absolute atomic E-state index is 12.4. The van der Waals surface area contributed by atoms with Crippen molar-refractivity contribution in [1.29, 1.82) is 0 Å². The lowest BCUT2D eigenvalue weighted by Crippen LogP contribution is -2.44. The largest absolute Gasteiger partial charge is 0.481 e. The summed E-state index contributed by atoms with van der Waals surface area (Å²) >= 11 is 0. The number of alkyl halides is 3. The Labute approximate surface area is 93.0 Å². The highest BCUT2D eigenvalue weighted by Gasteiger charge is 2.40. The minimum atomic E-state index is -4.52. The average molecular weight is 241 g/mol. The second kappa shape index (κ2) is 5.52. The number of rotatable bonds is 5. The van der Waals surface area contributed by atoms with E-state index in [0.717, 1.165) is 0 Å². The van der Waals surface area contributed by atoms with Gasteiger partial charge in [0, 0.05) is 0 Å². The maximum Gasteiger partial charge on any atom is 0.404 e. The number of aliphatic carboxylic acids is 1. The summed E-state index contributed by atoms with van der Waals surface area (Å²) < 4.78 is 37.1. The predicted molar refractivity (Wildman–Crippen MR) is 54.2 cm³/mol. The summed E-state index contributed by atoms with van der Waals surface area (Å²) in [6.07, 6.45) is -4.90. The summed E-state index contributed by atoms with van der Waals surface area (Å²) in [6.45, 7) is 5.89. The van der Waals surface area contributed by atoms with E-state index in [1.165, 1.54) is 0 Å². The van der Waals surface area contributed by atoms with E-state index in [9.17, 15) is 18.0 Å². The molecular formula is C10H18F3NO2. The van der Waals surface area contributed by atoms with Crippen LogP contribution in [0, 0.1) is 5.41 Å². The van der Waals surface area contributed by atoms with Gasteiger partial charge in [-0.25, -0.2) is 0 Å². The van der Waals surface area contributed by atoms with Crippen molar-refractivity contribution in [2.75, 3.05) is 6.54 Å². The molecule has 0 bridgehead atoms. The van der Waals surface area contributed by atoms with Gasteiger partial charge in [0.05, 0.1) is 6.42 Å². The second-order valence-electron chi connectivity index (χ2n) is 4.96. The Kier molecular flexibility index (Phi) is 5.25. The monoisotopic (exact) mass is 241 g/mol. The number of halogens is 3. The van der Waals surface area contributed by atoms with Crippen LogP contribution < -0.4 is 5.32 Å². The molecule has 1 atom stereocenters. The third-order valence-electron chi connectivity index (χ3n) is 2.04. The van der Waals surface area contributed by atoms with E-state index in [2.05, 4.69) is 5.32 Å². The molecule has 0 aromatic rings. The molecule has 0 radical (unpaired) electrons. The molecule has 96 valence electrons. The van der Waals surface area contributed by atoms with Crippen LogP contribution in [0.5, 0.6) is 0 Å². The van der Waals surface area contributed by atoms with Crippen LogP contribution in [0.3, 0.4) is 0 Å². The summed E-state index contributed by atoms with van der Waals surface area (Å²) in [4.78, 5) is 10.3. The number of nitrogens with one attached hydrogen (secondary N) is 1. The molecule has 0 fully saturated rings.